The van der Waals surface area contributed by atoms with E-state index in [1.54, 1.807) is 6.92 Å². The molecule has 0 radical (unpaired) electrons. The molecule has 0 aromatic heterocycles. The summed E-state index contributed by atoms with van der Waals surface area (Å²) in [5.41, 5.74) is 0.327. The number of benzene rings is 1. The van der Waals surface area contributed by atoms with Gasteiger partial charge in [-0.2, -0.15) is 0 Å². The number of likely N-dealkylation sites (N-methyl/N-ethyl adjacent to an activating group) is 1. The predicted molar refractivity (Wildman–Crippen MR) is 74.1 cm³/mol. The molecule has 1 aromatic rings. The Bertz CT molecular complexity index is 601. The summed E-state index contributed by atoms with van der Waals surface area (Å²) in [7, 11) is 1.38. The lowest BCUT2D eigenvalue weighted by atomic mass is 10.2. The minimum Gasteiger partial charge on any atom is -0.494 e. The van der Waals surface area contributed by atoms with Gasteiger partial charge in [0.05, 0.1) is 30.2 Å². The summed E-state index contributed by atoms with van der Waals surface area (Å²) in [6, 6.07) is 3.36. The van der Waals surface area contributed by atoms with Crippen molar-refractivity contribution < 1.29 is 19.2 Å². The molecule has 112 valence electrons. The molecule has 0 aliphatic carbocycles. The second-order valence-electron chi connectivity index (χ2n) is 4.52. The first-order valence-electron chi connectivity index (χ1n) is 6.41. The highest BCUT2D eigenvalue weighted by molar-refractivity contribution is 6.06. The minimum atomic E-state index is -0.673. The van der Waals surface area contributed by atoms with Crippen molar-refractivity contribution in [3.05, 3.63) is 28.3 Å². The molecule has 1 N–H and O–H groups in total. The topological polar surface area (TPSA) is 102 Å². The fourth-order valence-corrected chi connectivity index (χ4v) is 2.23. The molecule has 1 fully saturated rings. The number of carbonyl (C=O) groups excluding carboxylic acids is 2. The van der Waals surface area contributed by atoms with E-state index in [0.29, 0.717) is 12.2 Å². The molecule has 1 aromatic carbocycles. The van der Waals surface area contributed by atoms with Crippen LogP contribution in [0.15, 0.2) is 18.2 Å². The van der Waals surface area contributed by atoms with Gasteiger partial charge >= 0.3 is 0 Å². The monoisotopic (exact) mass is 293 g/mol. The fraction of sp³-hybridized carbons (Fsp3) is 0.385. The average molecular weight is 293 g/mol. The van der Waals surface area contributed by atoms with Crippen molar-refractivity contribution in [2.24, 2.45) is 0 Å². The number of nitro benzene ring substituents is 1. The molecule has 8 nitrogen and oxygen atoms in total. The summed E-state index contributed by atoms with van der Waals surface area (Å²) in [5, 5.41) is 13.6. The van der Waals surface area contributed by atoms with Gasteiger partial charge in [0.2, 0.25) is 5.91 Å². The molecule has 0 spiro atoms. The van der Waals surface area contributed by atoms with E-state index >= 15 is 0 Å². The lowest BCUT2D eigenvalue weighted by molar-refractivity contribution is -0.384. The van der Waals surface area contributed by atoms with Crippen LogP contribution in [0.1, 0.15) is 13.3 Å². The van der Waals surface area contributed by atoms with Crippen molar-refractivity contribution in [1.82, 2.24) is 4.90 Å². The van der Waals surface area contributed by atoms with Crippen LogP contribution in [0.4, 0.5) is 11.4 Å². The molecule has 1 aliphatic heterocycles. The lowest BCUT2D eigenvalue weighted by Gasteiger charge is -2.16. The van der Waals surface area contributed by atoms with Crippen LogP contribution in [-0.4, -0.2) is 41.3 Å². The molecule has 1 aliphatic rings. The van der Waals surface area contributed by atoms with Gasteiger partial charge in [0.15, 0.2) is 0 Å². The molecule has 1 heterocycles. The van der Waals surface area contributed by atoms with E-state index in [1.165, 1.54) is 30.2 Å². The highest BCUT2D eigenvalue weighted by Crippen LogP contribution is 2.30. The van der Waals surface area contributed by atoms with Gasteiger partial charge in [-0.25, -0.2) is 0 Å². The third-order valence-electron chi connectivity index (χ3n) is 3.29. The Kier molecular flexibility index (Phi) is 4.06. The molecule has 1 unspecified atom stereocenters. The number of nitro groups is 1. The molecular formula is C13H15N3O5. The van der Waals surface area contributed by atoms with Crippen molar-refractivity contribution in [1.29, 1.82) is 0 Å². The van der Waals surface area contributed by atoms with Crippen LogP contribution in [0, 0.1) is 10.1 Å². The number of nitrogens with one attached hydrogen (secondary N) is 1. The van der Waals surface area contributed by atoms with Crippen LogP contribution in [0.25, 0.3) is 0 Å². The number of amides is 2. The van der Waals surface area contributed by atoms with Crippen molar-refractivity contribution in [2.75, 3.05) is 19.0 Å². The number of ether oxygens (including phenoxy) is 1. The van der Waals surface area contributed by atoms with Gasteiger partial charge in [0.25, 0.3) is 11.6 Å². The van der Waals surface area contributed by atoms with Crippen LogP contribution >= 0.6 is 0 Å². The van der Waals surface area contributed by atoms with Crippen molar-refractivity contribution in [2.45, 2.75) is 19.4 Å². The zero-order valence-electron chi connectivity index (χ0n) is 11.7. The second-order valence-corrected chi connectivity index (χ2v) is 4.52. The van der Waals surface area contributed by atoms with Crippen LogP contribution in [0.3, 0.4) is 0 Å². The standard InChI is InChI=1S/C13H15N3O5/c1-3-15-12(17)7-10(13(15)18)14-9-5-4-8(16(19)20)6-11(9)21-2/h4-6,10,14H,3,7H2,1-2H3. The summed E-state index contributed by atoms with van der Waals surface area (Å²) in [6.45, 7) is 2.05. The molecule has 21 heavy (non-hydrogen) atoms. The molecule has 0 saturated carbocycles. The highest BCUT2D eigenvalue weighted by atomic mass is 16.6. The smallest absolute Gasteiger partial charge is 0.273 e. The number of methoxy groups -OCH3 is 1. The maximum atomic E-state index is 12.0. The number of nitrogens with zero attached hydrogens (tertiary/aromatic N) is 2. The molecule has 1 atom stereocenters. The van der Waals surface area contributed by atoms with Crippen LogP contribution in [0.5, 0.6) is 5.75 Å². The van der Waals surface area contributed by atoms with Crippen LogP contribution < -0.4 is 10.1 Å². The van der Waals surface area contributed by atoms with Gasteiger partial charge in [-0.05, 0) is 13.0 Å². The van der Waals surface area contributed by atoms with Gasteiger partial charge < -0.3 is 10.1 Å². The van der Waals surface area contributed by atoms with E-state index in [-0.39, 0.29) is 29.7 Å². The Morgan fingerprint density at radius 1 is 1.48 bits per heavy atom. The van der Waals surface area contributed by atoms with E-state index in [4.69, 9.17) is 4.74 Å². The van der Waals surface area contributed by atoms with Crippen LogP contribution in [0.2, 0.25) is 0 Å². The molecule has 1 saturated heterocycles. The molecule has 8 heteroatoms. The second kappa shape index (κ2) is 5.78. The van der Waals surface area contributed by atoms with Crippen LogP contribution in [-0.2, 0) is 9.59 Å². The first-order valence-corrected chi connectivity index (χ1v) is 6.41. The number of likely N-dealkylation sites (tertiary alicyclic amines) is 1. The van der Waals surface area contributed by atoms with Crippen molar-refractivity contribution in [3.63, 3.8) is 0 Å². The SMILES string of the molecule is CCN1C(=O)CC(Nc2ccc([N+](=O)[O-])cc2OC)C1=O. The summed E-state index contributed by atoms with van der Waals surface area (Å²) in [4.78, 5) is 35.0. The number of hydrogen-bond donors (Lipinski definition) is 1. The van der Waals surface area contributed by atoms with E-state index < -0.39 is 11.0 Å². The Morgan fingerprint density at radius 3 is 2.71 bits per heavy atom. The highest BCUT2D eigenvalue weighted by Gasteiger charge is 2.37. The molecule has 0 bridgehead atoms. The van der Waals surface area contributed by atoms with Gasteiger partial charge in [-0.15, -0.1) is 0 Å². The normalized spacial score (nSPS) is 18.0. The zero-order chi connectivity index (χ0) is 15.6. The van der Waals surface area contributed by atoms with Gasteiger partial charge in [0, 0.05) is 12.6 Å². The predicted octanol–water partition coefficient (Wildman–Crippen LogP) is 1.16. The first kappa shape index (κ1) is 14.8. The Morgan fingerprint density at radius 2 is 2.19 bits per heavy atom. The Hall–Kier alpha value is -2.64. The van der Waals surface area contributed by atoms with E-state index in [1.807, 2.05) is 0 Å². The van der Waals surface area contributed by atoms with Gasteiger partial charge in [-0.1, -0.05) is 0 Å². The maximum Gasteiger partial charge on any atom is 0.273 e. The third kappa shape index (κ3) is 2.78. The third-order valence-corrected chi connectivity index (χ3v) is 3.29. The van der Waals surface area contributed by atoms with Gasteiger partial charge in [0.1, 0.15) is 11.8 Å². The average Bonchev–Trinajstić information content (AvgIpc) is 2.73. The quantitative estimate of drug-likeness (QED) is 0.496. The van der Waals surface area contributed by atoms with E-state index in [2.05, 4.69) is 5.32 Å². The fourth-order valence-electron chi connectivity index (χ4n) is 2.23. The number of non-ortho nitro benzene ring substituents is 1. The van der Waals surface area contributed by atoms with E-state index in [0.717, 1.165) is 0 Å². The zero-order valence-corrected chi connectivity index (χ0v) is 11.7. The number of rotatable bonds is 5. The minimum absolute atomic E-state index is 0.0623. The summed E-state index contributed by atoms with van der Waals surface area (Å²) in [5.74, 6) is -0.289. The number of carbonyl (C=O) groups is 2. The summed E-state index contributed by atoms with van der Waals surface area (Å²) < 4.78 is 5.08. The van der Waals surface area contributed by atoms with Gasteiger partial charge in [-0.3, -0.25) is 24.6 Å². The first-order chi connectivity index (χ1) is 9.97. The van der Waals surface area contributed by atoms with E-state index in [9.17, 15) is 19.7 Å². The Balaban J connectivity index is 2.22. The van der Waals surface area contributed by atoms with Crippen molar-refractivity contribution >= 4 is 23.2 Å². The Labute approximate surface area is 120 Å². The molecular weight excluding hydrogens is 278 g/mol. The molecule has 2 amide bonds. The summed E-state index contributed by atoms with van der Waals surface area (Å²) >= 11 is 0. The molecule has 2 rings (SSSR count). The van der Waals surface area contributed by atoms with Crippen molar-refractivity contribution in [3.8, 4) is 5.75 Å². The number of anilines is 1. The number of hydrogen-bond acceptors (Lipinski definition) is 6. The maximum absolute atomic E-state index is 12.0. The number of imide groups is 1. The lowest BCUT2D eigenvalue weighted by Crippen LogP contribution is -2.34. The largest absolute Gasteiger partial charge is 0.494 e. The summed E-state index contributed by atoms with van der Waals surface area (Å²) in [6.07, 6.45) is 0.0623.